The molecule has 0 saturated carbocycles. The average Bonchev–Trinajstić information content (AvgIpc) is 3.13. The molecule has 1 aliphatic carbocycles. The number of carbonyl (C=O) groups excluding carboxylic acids is 2. The first kappa shape index (κ1) is 20.6. The zero-order chi connectivity index (χ0) is 22.1. The van der Waals surface area contributed by atoms with Gasteiger partial charge in [0.05, 0.1) is 20.1 Å². The molecule has 0 N–H and O–H groups in total. The fourth-order valence-corrected chi connectivity index (χ4v) is 4.62. The van der Waals surface area contributed by atoms with Gasteiger partial charge in [0.2, 0.25) is 6.04 Å². The summed E-state index contributed by atoms with van der Waals surface area (Å²) in [6.45, 7) is 0.603. The van der Waals surface area contributed by atoms with Crippen LogP contribution in [0.1, 0.15) is 22.6 Å². The van der Waals surface area contributed by atoms with Crippen LogP contribution in [-0.2, 0) is 32.0 Å². The van der Waals surface area contributed by atoms with Gasteiger partial charge in [-0.05, 0) is 22.8 Å². The SMILES string of the molecule is COC(=O)C(C(=O)OC)[C@@H]1c2cccc3c2c(cn3Cc2ccccc2)C[C@H]1[N+](=O)[O-]. The van der Waals surface area contributed by atoms with E-state index in [1.807, 2.05) is 47.2 Å². The minimum Gasteiger partial charge on any atom is -0.468 e. The molecule has 1 heterocycles. The van der Waals surface area contributed by atoms with Crippen molar-refractivity contribution in [2.45, 2.75) is 24.9 Å². The summed E-state index contributed by atoms with van der Waals surface area (Å²) in [4.78, 5) is 36.6. The minimum absolute atomic E-state index is 0.109. The number of benzene rings is 2. The maximum absolute atomic E-state index is 12.5. The molecule has 160 valence electrons. The van der Waals surface area contributed by atoms with Crippen LogP contribution in [0.15, 0.2) is 54.7 Å². The molecule has 0 aliphatic heterocycles. The molecule has 0 radical (unpaired) electrons. The Bertz CT molecular complexity index is 1140. The van der Waals surface area contributed by atoms with E-state index in [9.17, 15) is 19.7 Å². The van der Waals surface area contributed by atoms with Gasteiger partial charge in [-0.3, -0.25) is 19.7 Å². The summed E-state index contributed by atoms with van der Waals surface area (Å²) in [6, 6.07) is 14.2. The molecule has 0 fully saturated rings. The maximum Gasteiger partial charge on any atom is 0.320 e. The molecule has 0 unspecified atom stereocenters. The van der Waals surface area contributed by atoms with E-state index in [1.165, 1.54) is 0 Å². The molecule has 8 nitrogen and oxygen atoms in total. The lowest BCUT2D eigenvalue weighted by Gasteiger charge is -2.30. The van der Waals surface area contributed by atoms with Gasteiger partial charge in [0.15, 0.2) is 5.92 Å². The highest BCUT2D eigenvalue weighted by atomic mass is 16.6. The predicted octanol–water partition coefficient (Wildman–Crippen LogP) is 2.94. The first-order valence-electron chi connectivity index (χ1n) is 9.90. The molecule has 8 heteroatoms. The van der Waals surface area contributed by atoms with Crippen LogP contribution in [0.3, 0.4) is 0 Å². The minimum atomic E-state index is -1.42. The first-order valence-corrected chi connectivity index (χ1v) is 9.90. The van der Waals surface area contributed by atoms with Crippen molar-refractivity contribution in [3.05, 3.63) is 81.5 Å². The third-order valence-electron chi connectivity index (χ3n) is 5.96. The van der Waals surface area contributed by atoms with E-state index in [1.54, 1.807) is 12.1 Å². The van der Waals surface area contributed by atoms with E-state index >= 15 is 0 Å². The summed E-state index contributed by atoms with van der Waals surface area (Å²) in [7, 11) is 2.31. The normalized spacial score (nSPS) is 17.5. The Morgan fingerprint density at radius 2 is 1.77 bits per heavy atom. The van der Waals surface area contributed by atoms with Crippen molar-refractivity contribution in [3.63, 3.8) is 0 Å². The van der Waals surface area contributed by atoms with Crippen molar-refractivity contribution in [1.82, 2.24) is 4.57 Å². The second-order valence-corrected chi connectivity index (χ2v) is 7.62. The van der Waals surface area contributed by atoms with Gasteiger partial charge in [0.25, 0.3) is 0 Å². The van der Waals surface area contributed by atoms with Gasteiger partial charge < -0.3 is 14.0 Å². The number of methoxy groups -OCH3 is 2. The summed E-state index contributed by atoms with van der Waals surface area (Å²) in [6.07, 6.45) is 2.04. The molecule has 2 atom stereocenters. The number of carbonyl (C=O) groups is 2. The molecule has 0 saturated heterocycles. The summed E-state index contributed by atoms with van der Waals surface area (Å²) in [5, 5.41) is 12.9. The van der Waals surface area contributed by atoms with Crippen LogP contribution in [0.4, 0.5) is 0 Å². The fourth-order valence-electron chi connectivity index (χ4n) is 4.62. The fraction of sp³-hybridized carbons (Fsp3) is 0.304. The van der Waals surface area contributed by atoms with Gasteiger partial charge >= 0.3 is 11.9 Å². The number of hydrogen-bond donors (Lipinski definition) is 0. The van der Waals surface area contributed by atoms with Crippen LogP contribution in [0, 0.1) is 16.0 Å². The van der Waals surface area contributed by atoms with Crippen molar-refractivity contribution in [1.29, 1.82) is 0 Å². The molecular weight excluding hydrogens is 400 g/mol. The topological polar surface area (TPSA) is 101 Å². The quantitative estimate of drug-likeness (QED) is 0.262. The van der Waals surface area contributed by atoms with E-state index in [0.29, 0.717) is 12.1 Å². The average molecular weight is 422 g/mol. The van der Waals surface area contributed by atoms with Gasteiger partial charge in [0, 0.05) is 35.0 Å². The molecule has 1 aromatic heterocycles. The van der Waals surface area contributed by atoms with E-state index in [4.69, 9.17) is 9.47 Å². The molecule has 1 aliphatic rings. The van der Waals surface area contributed by atoms with E-state index in [2.05, 4.69) is 0 Å². The zero-order valence-corrected chi connectivity index (χ0v) is 17.2. The molecule has 2 aromatic carbocycles. The number of esters is 2. The first-order chi connectivity index (χ1) is 15.0. The van der Waals surface area contributed by atoms with Gasteiger partial charge in [-0.25, -0.2) is 0 Å². The molecule has 0 spiro atoms. The smallest absolute Gasteiger partial charge is 0.320 e. The van der Waals surface area contributed by atoms with Crippen molar-refractivity contribution < 1.29 is 24.0 Å². The summed E-state index contributed by atoms with van der Waals surface area (Å²) in [5.41, 5.74) is 3.41. The lowest BCUT2D eigenvalue weighted by molar-refractivity contribution is -0.527. The van der Waals surface area contributed by atoms with E-state index in [-0.39, 0.29) is 6.42 Å². The highest BCUT2D eigenvalue weighted by Crippen LogP contribution is 2.43. The molecule has 4 rings (SSSR count). The Morgan fingerprint density at radius 1 is 1.10 bits per heavy atom. The van der Waals surface area contributed by atoms with Crippen LogP contribution >= 0.6 is 0 Å². The van der Waals surface area contributed by atoms with Gasteiger partial charge in [0.1, 0.15) is 0 Å². The summed E-state index contributed by atoms with van der Waals surface area (Å²) >= 11 is 0. The van der Waals surface area contributed by atoms with Gasteiger partial charge in [-0.2, -0.15) is 0 Å². The van der Waals surface area contributed by atoms with Crippen LogP contribution < -0.4 is 0 Å². The van der Waals surface area contributed by atoms with Crippen molar-refractivity contribution in [2.75, 3.05) is 14.2 Å². The van der Waals surface area contributed by atoms with Gasteiger partial charge in [-0.1, -0.05) is 42.5 Å². The maximum atomic E-state index is 12.5. The Morgan fingerprint density at radius 3 is 2.39 bits per heavy atom. The highest BCUT2D eigenvalue weighted by Gasteiger charge is 2.50. The molecule has 31 heavy (non-hydrogen) atoms. The molecule has 0 bridgehead atoms. The van der Waals surface area contributed by atoms with E-state index < -0.39 is 34.7 Å². The number of ether oxygens (including phenoxy) is 2. The van der Waals surface area contributed by atoms with Crippen molar-refractivity contribution in [3.8, 4) is 0 Å². The Balaban J connectivity index is 1.89. The third kappa shape index (κ3) is 3.54. The number of hydrogen-bond acceptors (Lipinski definition) is 6. The monoisotopic (exact) mass is 422 g/mol. The van der Waals surface area contributed by atoms with Crippen LogP contribution in [0.2, 0.25) is 0 Å². The van der Waals surface area contributed by atoms with Crippen molar-refractivity contribution in [2.24, 2.45) is 5.92 Å². The standard InChI is InChI=1S/C23H22N2O6/c1-30-22(26)21(23(27)31-2)20-16-9-6-10-17-19(16)15(11-18(20)25(28)29)13-24(17)12-14-7-4-3-5-8-14/h3-10,13,18,20-21H,11-12H2,1-2H3/t18-,20-/m1/s1. The van der Waals surface area contributed by atoms with E-state index in [0.717, 1.165) is 36.2 Å². The second kappa shape index (κ2) is 8.22. The predicted molar refractivity (Wildman–Crippen MR) is 112 cm³/mol. The molecule has 0 amide bonds. The zero-order valence-electron chi connectivity index (χ0n) is 17.2. The largest absolute Gasteiger partial charge is 0.468 e. The lowest BCUT2D eigenvalue weighted by atomic mass is 9.73. The van der Waals surface area contributed by atoms with Crippen LogP contribution in [-0.4, -0.2) is 41.7 Å². The number of aromatic nitrogens is 1. The Labute approximate surface area is 178 Å². The van der Waals surface area contributed by atoms with Gasteiger partial charge in [-0.15, -0.1) is 0 Å². The Kier molecular flexibility index (Phi) is 5.46. The number of nitro groups is 1. The molecule has 3 aromatic rings. The Hall–Kier alpha value is -3.68. The van der Waals surface area contributed by atoms with Crippen molar-refractivity contribution >= 4 is 22.8 Å². The second-order valence-electron chi connectivity index (χ2n) is 7.62. The summed E-state index contributed by atoms with van der Waals surface area (Å²) in [5.74, 6) is -4.08. The molecular formula is C23H22N2O6. The van der Waals surface area contributed by atoms with Crippen LogP contribution in [0.25, 0.3) is 10.9 Å². The third-order valence-corrected chi connectivity index (χ3v) is 5.96. The lowest BCUT2D eigenvalue weighted by Crippen LogP contribution is -2.43. The number of rotatable bonds is 6. The number of nitrogens with zero attached hydrogens (tertiary/aromatic N) is 2. The highest BCUT2D eigenvalue weighted by molar-refractivity contribution is 5.98. The summed E-state index contributed by atoms with van der Waals surface area (Å²) < 4.78 is 11.7. The van der Waals surface area contributed by atoms with Crippen LogP contribution in [0.5, 0.6) is 0 Å².